The number of aliphatic hydroxyl groups is 21. The number of unbranched alkanes of at least 4 members (excludes halogenated alkanes) is 1. The number of ether oxygens (including phenoxy) is 19. The standard InChI is InChI=1S/C42H70O35.C19H30O5/c43-1-8-29-15(50)22(57)36(64-8)72-30-9(2-44)66-38(24(59)17(30)52)74-32-11(4-46)68-40(26(61)19(32)54)76-34-13(6-48)70-42(28(63)21(34)56)77-35-14(7-49)69-41(27(62)20(35)55)75-33-12(5-47)67-39(25(60)18(33)53)73-31-10(3-45)65-37(71-29)23(58)16(31)51;1-3-5-7-20-8-9-21-10-11-22-14-17-13-19-18(23-15-24-19)12-16(17)6-4-2/h8-63H,1-7H2;12-13H,3-11,14-15H2,1-2H3/t8-,9-,10-,11-,12-,13-,14-,15-,16-,17-,18-,19-,20-,21-,22-,23-,24-,25-,26-,27-,28-,29-,30-,31-,32-,33-,34-,35-,36-,37-,38-,39-,40-,41-,42-;/m1./s1. The van der Waals surface area contributed by atoms with E-state index >= 15 is 0 Å². The summed E-state index contributed by atoms with van der Waals surface area (Å²) in [6.45, 7) is 1.14. The van der Waals surface area contributed by atoms with E-state index < -0.39 is 261 Å². The minimum Gasteiger partial charge on any atom is -0.454 e. The van der Waals surface area contributed by atoms with E-state index in [1.54, 1.807) is 0 Å². The van der Waals surface area contributed by atoms with Gasteiger partial charge in [-0.1, -0.05) is 26.7 Å². The van der Waals surface area contributed by atoms with Crippen LogP contribution in [0.4, 0.5) is 0 Å². The maximum absolute atomic E-state index is 11.3. The van der Waals surface area contributed by atoms with Crippen LogP contribution in [-0.4, -0.2) is 408 Å². The Bertz CT molecular complexity index is 2230. The molecule has 0 unspecified atom stereocenters. The molecule has 101 heavy (non-hydrogen) atoms. The lowest BCUT2D eigenvalue weighted by Crippen LogP contribution is -2.68. The third kappa shape index (κ3) is 18.9. The van der Waals surface area contributed by atoms with Gasteiger partial charge in [-0.05, 0) is 36.1 Å². The van der Waals surface area contributed by atoms with Crippen molar-refractivity contribution in [1.82, 2.24) is 0 Å². The number of fused-ring (bicyclic) bond motifs is 1. The van der Waals surface area contributed by atoms with Gasteiger partial charge in [-0.2, -0.15) is 0 Å². The maximum atomic E-state index is 11.3. The van der Waals surface area contributed by atoms with E-state index in [0.717, 1.165) is 43.8 Å². The SMILES string of the molecule is CCCCOCCOCCOCc1cc2c(cc1CCC)OCO2.OC[C@H]1O[C@@H]2O[C@H]3[C@H](O)[C@@H](O)[C@@H](O[C@H]4[C@H](O)[C@@H](O)[C@@H](O[C@H]5[C@H](O)[C@@H](O)[C@@H](O[C@H]6[C@H](O)[C@@H](O)[C@@H](O[C@H]7[C@H](O)[C@@H](O)[C@@H](O[C@H]8[C@H](O)[C@@H](O)[C@@H](O[C@H]1[C@H](O)[C@H]2O)O[C@@H]8CO)O[C@@H]7CO)O[C@@H]6CO)O[C@@H]5CO)O[C@@H]4CO)O[C@@H]3CO. The van der Waals surface area contributed by atoms with Gasteiger partial charge in [0, 0.05) is 6.61 Å². The van der Waals surface area contributed by atoms with Crippen LogP contribution < -0.4 is 9.47 Å². The molecule has 0 saturated carbocycles. The van der Waals surface area contributed by atoms with Crippen LogP contribution >= 0.6 is 0 Å². The topological polar surface area (TPSA) is 600 Å². The summed E-state index contributed by atoms with van der Waals surface area (Å²) in [7, 11) is 0. The molecule has 1 aromatic rings. The minimum atomic E-state index is -2.21. The summed E-state index contributed by atoms with van der Waals surface area (Å²) in [5.74, 6) is 1.66. The first-order chi connectivity index (χ1) is 48.5. The molecule has 23 rings (SSSR count). The van der Waals surface area contributed by atoms with E-state index in [2.05, 4.69) is 19.9 Å². The lowest BCUT2D eigenvalue weighted by Gasteiger charge is -2.50. The fourth-order valence-electron chi connectivity index (χ4n) is 12.9. The van der Waals surface area contributed by atoms with Crippen LogP contribution in [0.2, 0.25) is 0 Å². The van der Waals surface area contributed by atoms with E-state index in [1.165, 1.54) is 11.1 Å². The molecule has 0 aliphatic carbocycles. The Morgan fingerprint density at radius 2 is 0.515 bits per heavy atom. The third-order valence-electron chi connectivity index (χ3n) is 18.6. The monoisotopic (exact) mass is 1470 g/mol. The van der Waals surface area contributed by atoms with Crippen LogP contribution in [0.1, 0.15) is 44.2 Å². The van der Waals surface area contributed by atoms with Gasteiger partial charge >= 0.3 is 0 Å². The Morgan fingerprint density at radius 3 is 0.743 bits per heavy atom. The lowest BCUT2D eigenvalue weighted by atomic mass is 9.95. The summed E-state index contributed by atoms with van der Waals surface area (Å²) in [6.07, 6.45) is -65.9. The van der Waals surface area contributed by atoms with Gasteiger partial charge < -0.3 is 197 Å². The van der Waals surface area contributed by atoms with Crippen molar-refractivity contribution in [3.05, 3.63) is 23.3 Å². The van der Waals surface area contributed by atoms with Crippen LogP contribution in [-0.2, 0) is 93.6 Å². The predicted molar refractivity (Wildman–Crippen MR) is 321 cm³/mol. The molecule has 22 heterocycles. The first kappa shape index (κ1) is 82.4. The molecule has 584 valence electrons. The van der Waals surface area contributed by atoms with Gasteiger partial charge in [0.05, 0.1) is 79.3 Å². The smallest absolute Gasteiger partial charge is 0.231 e. The summed E-state index contributed by atoms with van der Waals surface area (Å²) in [4.78, 5) is 0. The van der Waals surface area contributed by atoms with Gasteiger partial charge in [-0.25, -0.2) is 0 Å². The normalized spacial score (nSPS) is 45.2. The lowest BCUT2D eigenvalue weighted by molar-refractivity contribution is -0.396. The number of aliphatic hydroxyl groups excluding tert-OH is 21. The fraction of sp³-hybridized carbons (Fsp3) is 0.902. The van der Waals surface area contributed by atoms with Crippen molar-refractivity contribution < 1.29 is 197 Å². The van der Waals surface area contributed by atoms with Crippen molar-refractivity contribution >= 4 is 0 Å². The highest BCUT2D eigenvalue weighted by molar-refractivity contribution is 5.48. The van der Waals surface area contributed by atoms with E-state index in [0.29, 0.717) is 39.8 Å². The van der Waals surface area contributed by atoms with Gasteiger partial charge in [-0.3, -0.25) is 0 Å². The van der Waals surface area contributed by atoms with E-state index in [4.69, 9.17) is 90.0 Å². The van der Waals surface area contributed by atoms with Gasteiger partial charge in [0.2, 0.25) is 6.79 Å². The molecule has 22 aliphatic heterocycles. The minimum absolute atomic E-state index is 0.305. The highest BCUT2D eigenvalue weighted by atomic mass is 16.8. The zero-order valence-corrected chi connectivity index (χ0v) is 55.2. The Kier molecular flexibility index (Phi) is 31.3. The summed E-state index contributed by atoms with van der Waals surface area (Å²) in [5, 5.41) is 230. The summed E-state index contributed by atoms with van der Waals surface area (Å²) < 4.78 is 107. The number of hydrogen-bond donors (Lipinski definition) is 21. The second-order valence-corrected chi connectivity index (χ2v) is 25.5. The van der Waals surface area contributed by atoms with Crippen molar-refractivity contribution in [3.8, 4) is 11.5 Å². The summed E-state index contributed by atoms with van der Waals surface area (Å²) in [6, 6.07) is 4.12. The highest BCUT2D eigenvalue weighted by Crippen LogP contribution is 2.40. The number of benzene rings is 1. The fourth-order valence-corrected chi connectivity index (χ4v) is 12.9. The van der Waals surface area contributed by atoms with Crippen molar-refractivity contribution in [2.75, 3.05) is 86.1 Å². The number of hydrogen-bond acceptors (Lipinski definition) is 40. The van der Waals surface area contributed by atoms with Crippen LogP contribution in [0.15, 0.2) is 12.1 Å². The van der Waals surface area contributed by atoms with Crippen molar-refractivity contribution in [1.29, 1.82) is 0 Å². The van der Waals surface area contributed by atoms with E-state index in [1.807, 2.05) is 6.07 Å². The molecule has 0 amide bonds. The second-order valence-electron chi connectivity index (χ2n) is 25.5. The Hall–Kier alpha value is -2.70. The average Bonchev–Trinajstić information content (AvgIpc) is 1.30. The zero-order valence-electron chi connectivity index (χ0n) is 55.2. The summed E-state index contributed by atoms with van der Waals surface area (Å²) in [5.41, 5.74) is 2.44. The van der Waals surface area contributed by atoms with Crippen LogP contribution in [0.25, 0.3) is 0 Å². The number of aryl methyl sites for hydroxylation is 1. The molecular weight excluding hydrogens is 1370 g/mol. The first-order valence-electron chi connectivity index (χ1n) is 33.6. The van der Waals surface area contributed by atoms with Gasteiger partial charge in [0.25, 0.3) is 0 Å². The molecule has 0 radical (unpaired) electrons. The van der Waals surface area contributed by atoms with Crippen LogP contribution in [0, 0.1) is 0 Å². The molecule has 40 nitrogen and oxygen atoms in total. The van der Waals surface area contributed by atoms with Crippen molar-refractivity contribution in [2.45, 2.75) is 261 Å². The third-order valence-corrected chi connectivity index (χ3v) is 18.6. The quantitative estimate of drug-likeness (QED) is 0.0539. The number of rotatable bonds is 20. The molecule has 0 aromatic heterocycles. The van der Waals surface area contributed by atoms with Gasteiger partial charge in [0.15, 0.2) is 55.5 Å². The molecule has 21 saturated heterocycles. The van der Waals surface area contributed by atoms with Crippen LogP contribution in [0.5, 0.6) is 11.5 Å². The Morgan fingerprint density at radius 1 is 0.287 bits per heavy atom. The Labute approximate surface area is 577 Å². The predicted octanol–water partition coefficient (Wildman–Crippen LogP) is -11.5. The van der Waals surface area contributed by atoms with Gasteiger partial charge in [-0.15, -0.1) is 0 Å². The first-order valence-corrected chi connectivity index (χ1v) is 33.6. The molecular formula is C61H100O40. The van der Waals surface area contributed by atoms with Gasteiger partial charge in [0.1, 0.15) is 171 Å². The maximum Gasteiger partial charge on any atom is 0.231 e. The molecule has 14 bridgehead atoms. The molecule has 35 atom stereocenters. The molecule has 22 aliphatic rings. The largest absolute Gasteiger partial charge is 0.454 e. The molecule has 21 N–H and O–H groups in total. The van der Waals surface area contributed by atoms with E-state index in [-0.39, 0.29) is 0 Å². The molecule has 21 fully saturated rings. The zero-order chi connectivity index (χ0) is 73.1. The Balaban J connectivity index is 0.000000417. The van der Waals surface area contributed by atoms with Crippen molar-refractivity contribution in [2.24, 2.45) is 0 Å². The highest BCUT2D eigenvalue weighted by Gasteiger charge is 2.60. The summed E-state index contributed by atoms with van der Waals surface area (Å²) >= 11 is 0. The molecule has 0 spiro atoms. The van der Waals surface area contributed by atoms with Crippen LogP contribution in [0.3, 0.4) is 0 Å². The van der Waals surface area contributed by atoms with E-state index in [9.17, 15) is 107 Å². The molecule has 40 heteroatoms. The molecule has 1 aromatic carbocycles. The van der Waals surface area contributed by atoms with Crippen molar-refractivity contribution in [3.63, 3.8) is 0 Å². The second kappa shape index (κ2) is 38.4. The average molecular weight is 1470 g/mol.